The maximum absolute atomic E-state index is 10.6. The van der Waals surface area contributed by atoms with Crippen LogP contribution in [0.1, 0.15) is 19.3 Å². The van der Waals surface area contributed by atoms with Crippen molar-refractivity contribution in [3.8, 4) is 0 Å². The van der Waals surface area contributed by atoms with E-state index in [9.17, 15) is 5.21 Å². The molecule has 0 aliphatic heterocycles. The van der Waals surface area contributed by atoms with Crippen LogP contribution in [0.5, 0.6) is 0 Å². The quantitative estimate of drug-likeness (QED) is 0.333. The van der Waals surface area contributed by atoms with Gasteiger partial charge in [0.2, 0.25) is 0 Å². The van der Waals surface area contributed by atoms with Gasteiger partial charge >= 0.3 is 0 Å². The van der Waals surface area contributed by atoms with Gasteiger partial charge < -0.3 is 10.3 Å². The maximum Gasteiger partial charge on any atom is 0.138 e. The fraction of sp³-hybridized carbons (Fsp3) is 1.00. The molecule has 0 spiro atoms. The Morgan fingerprint density at radius 3 is 2.50 bits per heavy atom. The Morgan fingerprint density at radius 2 is 2.07 bits per heavy atom. The average molecular weight is 207 g/mol. The molecule has 0 aliphatic rings. The number of nitrogens with zero attached hydrogens (tertiary/aromatic N) is 2. The van der Waals surface area contributed by atoms with Gasteiger partial charge in [0.15, 0.2) is 0 Å². The molecular formula is C8H21N3O3. The molecule has 0 rings (SSSR count). The standard InChI is InChI=1S/C8H21N3O3/c1-10(7-5-4-6-8-12)11(2,9-13)14-3/h9,12H,4-8H2,1-3H3. The average Bonchev–Trinajstić information content (AvgIpc) is 2.22. The van der Waals surface area contributed by atoms with Crippen LogP contribution in [-0.2, 0) is 4.84 Å². The molecular weight excluding hydrogens is 186 g/mol. The Morgan fingerprint density at radius 1 is 1.43 bits per heavy atom. The third-order valence-corrected chi connectivity index (χ3v) is 2.32. The molecule has 0 aromatic carbocycles. The highest BCUT2D eigenvalue weighted by Crippen LogP contribution is 2.05. The molecule has 6 heteroatoms. The number of hydrogen-bond donors (Lipinski definition) is 2. The molecule has 6 nitrogen and oxygen atoms in total. The second-order valence-corrected chi connectivity index (χ2v) is 3.32. The lowest BCUT2D eigenvalue weighted by Gasteiger charge is -2.38. The van der Waals surface area contributed by atoms with Gasteiger partial charge in [0.05, 0.1) is 6.54 Å². The number of quaternary nitrogens is 1. The Balaban J connectivity index is 3.75. The van der Waals surface area contributed by atoms with Crippen molar-refractivity contribution in [3.05, 3.63) is 5.21 Å². The van der Waals surface area contributed by atoms with E-state index in [2.05, 4.69) is 0 Å². The smallest absolute Gasteiger partial charge is 0.138 e. The fourth-order valence-electron chi connectivity index (χ4n) is 1.07. The summed E-state index contributed by atoms with van der Waals surface area (Å²) in [4.78, 5) is 4.70. The van der Waals surface area contributed by atoms with E-state index in [0.717, 1.165) is 25.8 Å². The van der Waals surface area contributed by atoms with Crippen LogP contribution in [0.15, 0.2) is 0 Å². The van der Waals surface area contributed by atoms with Gasteiger partial charge in [0.1, 0.15) is 14.2 Å². The summed E-state index contributed by atoms with van der Waals surface area (Å²) in [6, 6.07) is 0. The Labute approximate surface area is 85.1 Å². The number of hydrogen-bond acceptors (Lipinski definition) is 5. The highest BCUT2D eigenvalue weighted by molar-refractivity contribution is 4.42. The molecule has 0 saturated carbocycles. The summed E-state index contributed by atoms with van der Waals surface area (Å²) >= 11 is 0. The van der Waals surface area contributed by atoms with Crippen LogP contribution < -0.4 is 5.59 Å². The predicted octanol–water partition coefficient (Wildman–Crippen LogP) is 0.00620. The van der Waals surface area contributed by atoms with E-state index in [1.807, 2.05) is 5.59 Å². The minimum absolute atomic E-state index is 0.222. The first-order valence-corrected chi connectivity index (χ1v) is 4.75. The number of unbranched alkanes of at least 4 members (excludes halogenated alkanes) is 2. The zero-order chi connectivity index (χ0) is 11.0. The fourth-order valence-corrected chi connectivity index (χ4v) is 1.07. The van der Waals surface area contributed by atoms with E-state index >= 15 is 0 Å². The monoisotopic (exact) mass is 207 g/mol. The first-order chi connectivity index (χ1) is 6.60. The normalized spacial score (nSPS) is 15.9. The van der Waals surface area contributed by atoms with Crippen LogP contribution in [0.2, 0.25) is 0 Å². The first-order valence-electron chi connectivity index (χ1n) is 4.75. The molecule has 0 amide bonds. The maximum atomic E-state index is 10.6. The van der Waals surface area contributed by atoms with Crippen molar-refractivity contribution in [3.63, 3.8) is 0 Å². The lowest BCUT2D eigenvalue weighted by Crippen LogP contribution is -2.61. The highest BCUT2D eigenvalue weighted by Gasteiger charge is 2.24. The van der Waals surface area contributed by atoms with Gasteiger partial charge in [-0.05, 0) is 24.1 Å². The van der Waals surface area contributed by atoms with Gasteiger partial charge in [-0.15, -0.1) is 5.01 Å². The summed E-state index contributed by atoms with van der Waals surface area (Å²) in [5, 5.41) is 21.0. The molecule has 1 atom stereocenters. The van der Waals surface area contributed by atoms with Crippen LogP contribution in [0.4, 0.5) is 0 Å². The summed E-state index contributed by atoms with van der Waals surface area (Å²) in [6.07, 6.45) is 2.68. The summed E-state index contributed by atoms with van der Waals surface area (Å²) in [7, 11) is 4.89. The number of nitrogens with one attached hydrogen (secondary N) is 1. The van der Waals surface area contributed by atoms with Crippen molar-refractivity contribution in [2.24, 2.45) is 0 Å². The molecule has 0 aliphatic carbocycles. The van der Waals surface area contributed by atoms with E-state index in [-0.39, 0.29) is 11.5 Å². The van der Waals surface area contributed by atoms with Crippen LogP contribution >= 0.6 is 0 Å². The van der Waals surface area contributed by atoms with E-state index in [4.69, 9.17) is 9.94 Å². The van der Waals surface area contributed by atoms with Crippen molar-refractivity contribution in [1.29, 1.82) is 0 Å². The van der Waals surface area contributed by atoms with Crippen molar-refractivity contribution >= 4 is 0 Å². The van der Waals surface area contributed by atoms with Crippen LogP contribution in [-0.4, -0.2) is 49.3 Å². The number of hydroxylamine groups is 1. The summed E-state index contributed by atoms with van der Waals surface area (Å²) in [5.74, 6) is 0. The van der Waals surface area contributed by atoms with Crippen molar-refractivity contribution in [2.75, 3.05) is 34.4 Å². The zero-order valence-corrected chi connectivity index (χ0v) is 9.19. The SMILES string of the molecule is CO[N+](C)(N[O-])N(C)CCCCCO. The van der Waals surface area contributed by atoms with Crippen LogP contribution in [0.3, 0.4) is 0 Å². The van der Waals surface area contributed by atoms with Gasteiger partial charge in [0.25, 0.3) is 0 Å². The lowest BCUT2D eigenvalue weighted by atomic mass is 10.2. The molecule has 86 valence electrons. The summed E-state index contributed by atoms with van der Waals surface area (Å²) in [5.41, 5.74) is 1.81. The Bertz CT molecular complexity index is 142. The van der Waals surface area contributed by atoms with Gasteiger partial charge in [-0.25, -0.2) is 0 Å². The van der Waals surface area contributed by atoms with E-state index in [1.165, 1.54) is 7.11 Å². The molecule has 0 radical (unpaired) electrons. The summed E-state index contributed by atoms with van der Waals surface area (Å²) in [6.45, 7) is 0.958. The predicted molar refractivity (Wildman–Crippen MR) is 53.3 cm³/mol. The van der Waals surface area contributed by atoms with E-state index in [0.29, 0.717) is 0 Å². The van der Waals surface area contributed by atoms with Gasteiger partial charge in [-0.1, -0.05) is 0 Å². The number of aliphatic hydroxyl groups is 1. The molecule has 0 aromatic rings. The van der Waals surface area contributed by atoms with Crippen LogP contribution in [0, 0.1) is 5.21 Å². The van der Waals surface area contributed by atoms with Gasteiger partial charge in [-0.2, -0.15) is 10.4 Å². The first kappa shape index (κ1) is 13.8. The molecule has 0 fully saturated rings. The van der Waals surface area contributed by atoms with Crippen molar-refractivity contribution in [1.82, 2.24) is 10.6 Å². The van der Waals surface area contributed by atoms with Gasteiger partial charge in [0, 0.05) is 13.7 Å². The zero-order valence-electron chi connectivity index (χ0n) is 9.19. The number of rotatable bonds is 8. The third-order valence-electron chi connectivity index (χ3n) is 2.32. The van der Waals surface area contributed by atoms with E-state index < -0.39 is 0 Å². The summed E-state index contributed by atoms with van der Waals surface area (Å²) < 4.78 is 0. The number of aliphatic hydroxyl groups excluding tert-OH is 1. The van der Waals surface area contributed by atoms with E-state index in [1.54, 1.807) is 19.1 Å². The van der Waals surface area contributed by atoms with Crippen molar-refractivity contribution < 1.29 is 14.8 Å². The van der Waals surface area contributed by atoms with Crippen LogP contribution in [0.25, 0.3) is 0 Å². The highest BCUT2D eigenvalue weighted by atomic mass is 16.8. The van der Waals surface area contributed by atoms with Gasteiger partial charge in [-0.3, -0.25) is 0 Å². The topological polar surface area (TPSA) is 67.8 Å². The molecule has 14 heavy (non-hydrogen) atoms. The second kappa shape index (κ2) is 7.10. The molecule has 0 heterocycles. The lowest BCUT2D eigenvalue weighted by molar-refractivity contribution is -1.20. The minimum atomic E-state index is -0.293. The Hall–Kier alpha value is -0.240. The Kier molecular flexibility index (Phi) is 6.98. The molecule has 0 aromatic heterocycles. The van der Waals surface area contributed by atoms with Crippen molar-refractivity contribution in [2.45, 2.75) is 19.3 Å². The third kappa shape index (κ3) is 4.32. The molecule has 2 N–H and O–H groups in total. The second-order valence-electron chi connectivity index (χ2n) is 3.32. The molecule has 0 saturated heterocycles. The largest absolute Gasteiger partial charge is 0.738 e. The molecule has 0 bridgehead atoms. The minimum Gasteiger partial charge on any atom is -0.738 e. The molecule has 1 unspecified atom stereocenters.